The largest absolute Gasteiger partial charge is 0.328 e. The molecule has 4 aromatic rings. The summed E-state index contributed by atoms with van der Waals surface area (Å²) in [5.74, 6) is 1.10. The van der Waals surface area contributed by atoms with Crippen LogP contribution in [0.2, 0.25) is 0 Å². The smallest absolute Gasteiger partial charge is 0.315 e. The van der Waals surface area contributed by atoms with Gasteiger partial charge in [0, 0.05) is 5.56 Å². The Kier molecular flexibility index (Phi) is 6.60. The number of amides is 1. The minimum Gasteiger partial charge on any atom is -0.315 e. The van der Waals surface area contributed by atoms with Crippen molar-refractivity contribution in [2.24, 2.45) is 0 Å². The van der Waals surface area contributed by atoms with E-state index in [-0.39, 0.29) is 23.1 Å². The van der Waals surface area contributed by atoms with Crippen LogP contribution in [0.3, 0.4) is 0 Å². The number of aromatic nitrogens is 5. The molecular weight excluding hydrogens is 436 g/mol. The SMILES string of the molecule is Cc1noc(NC(=O)CSc2nnc(-c3ccc(C(C)(C)C)cc3)n2Cc2ccccc2)n1. The van der Waals surface area contributed by atoms with Gasteiger partial charge in [-0.1, -0.05) is 92.3 Å². The van der Waals surface area contributed by atoms with Crippen LogP contribution in [-0.4, -0.2) is 36.6 Å². The lowest BCUT2D eigenvalue weighted by Crippen LogP contribution is -2.15. The molecule has 33 heavy (non-hydrogen) atoms. The van der Waals surface area contributed by atoms with Gasteiger partial charge in [0.25, 0.3) is 0 Å². The highest BCUT2D eigenvalue weighted by Gasteiger charge is 2.18. The van der Waals surface area contributed by atoms with Crippen molar-refractivity contribution in [3.63, 3.8) is 0 Å². The minimum absolute atomic E-state index is 0.0710. The van der Waals surface area contributed by atoms with Crippen LogP contribution in [0.5, 0.6) is 0 Å². The quantitative estimate of drug-likeness (QED) is 0.397. The zero-order valence-electron chi connectivity index (χ0n) is 19.1. The van der Waals surface area contributed by atoms with Gasteiger partial charge in [0.2, 0.25) is 5.91 Å². The standard InChI is InChI=1S/C24H26N6O2S/c1-16-25-22(32-29-16)26-20(31)15-33-23-28-27-21(30(23)14-17-8-6-5-7-9-17)18-10-12-19(13-11-18)24(2,3)4/h5-13H,14-15H2,1-4H3,(H,25,26,29,31). The minimum atomic E-state index is -0.256. The van der Waals surface area contributed by atoms with E-state index < -0.39 is 0 Å². The van der Waals surface area contributed by atoms with Crippen molar-refractivity contribution >= 4 is 23.7 Å². The van der Waals surface area contributed by atoms with Crippen LogP contribution in [-0.2, 0) is 16.8 Å². The molecule has 0 aliphatic rings. The van der Waals surface area contributed by atoms with E-state index in [9.17, 15) is 4.79 Å². The molecule has 0 aliphatic heterocycles. The van der Waals surface area contributed by atoms with E-state index in [4.69, 9.17) is 4.52 Å². The van der Waals surface area contributed by atoms with Crippen molar-refractivity contribution in [2.45, 2.75) is 44.8 Å². The first-order valence-electron chi connectivity index (χ1n) is 10.6. The van der Waals surface area contributed by atoms with E-state index in [0.717, 1.165) is 17.0 Å². The number of benzene rings is 2. The van der Waals surface area contributed by atoms with E-state index in [2.05, 4.69) is 82.8 Å². The number of anilines is 1. The van der Waals surface area contributed by atoms with Gasteiger partial charge < -0.3 is 4.52 Å². The first kappa shape index (κ1) is 22.7. The number of aryl methyl sites for hydroxylation is 1. The van der Waals surface area contributed by atoms with Crippen molar-refractivity contribution in [3.8, 4) is 11.4 Å². The maximum absolute atomic E-state index is 12.4. The Balaban J connectivity index is 1.57. The molecule has 0 saturated heterocycles. The lowest BCUT2D eigenvalue weighted by atomic mass is 9.87. The molecule has 2 heterocycles. The van der Waals surface area contributed by atoms with Crippen molar-refractivity contribution in [1.29, 1.82) is 0 Å². The molecule has 0 fully saturated rings. The fourth-order valence-electron chi connectivity index (χ4n) is 3.27. The van der Waals surface area contributed by atoms with Crippen LogP contribution in [0.1, 0.15) is 37.7 Å². The summed E-state index contributed by atoms with van der Waals surface area (Å²) in [6, 6.07) is 18.6. The third-order valence-electron chi connectivity index (χ3n) is 5.02. The topological polar surface area (TPSA) is 98.7 Å². The summed E-state index contributed by atoms with van der Waals surface area (Å²) in [5, 5.41) is 15.8. The van der Waals surface area contributed by atoms with Gasteiger partial charge in [0.1, 0.15) is 0 Å². The summed E-state index contributed by atoms with van der Waals surface area (Å²) in [6.07, 6.45) is 0. The van der Waals surface area contributed by atoms with Crippen molar-refractivity contribution in [1.82, 2.24) is 24.9 Å². The summed E-state index contributed by atoms with van der Waals surface area (Å²) < 4.78 is 6.99. The lowest BCUT2D eigenvalue weighted by molar-refractivity contribution is -0.114. The molecule has 1 N–H and O–H groups in total. The molecular formula is C24H26N6O2S. The molecule has 4 rings (SSSR count). The number of nitrogens with zero attached hydrogens (tertiary/aromatic N) is 5. The van der Waals surface area contributed by atoms with Gasteiger partial charge in [-0.15, -0.1) is 10.2 Å². The Labute approximate surface area is 196 Å². The second-order valence-electron chi connectivity index (χ2n) is 8.69. The Hall–Kier alpha value is -3.46. The predicted molar refractivity (Wildman–Crippen MR) is 128 cm³/mol. The van der Waals surface area contributed by atoms with Gasteiger partial charge in [-0.05, 0) is 23.5 Å². The van der Waals surface area contributed by atoms with Crippen LogP contribution in [0.25, 0.3) is 11.4 Å². The normalized spacial score (nSPS) is 11.5. The Morgan fingerprint density at radius 2 is 1.79 bits per heavy atom. The molecule has 170 valence electrons. The fourth-order valence-corrected chi connectivity index (χ4v) is 4.01. The van der Waals surface area contributed by atoms with E-state index >= 15 is 0 Å². The Morgan fingerprint density at radius 3 is 2.42 bits per heavy atom. The number of carbonyl (C=O) groups is 1. The number of carbonyl (C=O) groups excluding carboxylic acids is 1. The third kappa shape index (κ3) is 5.67. The van der Waals surface area contributed by atoms with Crippen LogP contribution >= 0.6 is 11.8 Å². The van der Waals surface area contributed by atoms with Crippen LogP contribution in [0.15, 0.2) is 64.3 Å². The molecule has 0 radical (unpaired) electrons. The predicted octanol–water partition coefficient (Wildman–Crippen LogP) is 4.71. The first-order chi connectivity index (χ1) is 15.8. The van der Waals surface area contributed by atoms with Gasteiger partial charge in [0.05, 0.1) is 12.3 Å². The van der Waals surface area contributed by atoms with E-state index in [0.29, 0.717) is 17.5 Å². The molecule has 8 nitrogen and oxygen atoms in total. The van der Waals surface area contributed by atoms with Crippen LogP contribution < -0.4 is 5.32 Å². The monoisotopic (exact) mass is 462 g/mol. The molecule has 9 heteroatoms. The average Bonchev–Trinajstić information content (AvgIpc) is 3.38. The highest BCUT2D eigenvalue weighted by Crippen LogP contribution is 2.28. The molecule has 0 unspecified atom stereocenters. The number of rotatable bonds is 7. The molecule has 0 spiro atoms. The number of hydrogen-bond donors (Lipinski definition) is 1. The van der Waals surface area contributed by atoms with E-state index in [1.165, 1.54) is 17.3 Å². The molecule has 0 saturated carbocycles. The van der Waals surface area contributed by atoms with Crippen LogP contribution in [0, 0.1) is 6.92 Å². The number of nitrogens with one attached hydrogen (secondary N) is 1. The molecule has 2 aromatic carbocycles. The van der Waals surface area contributed by atoms with Gasteiger partial charge in [-0.25, -0.2) is 0 Å². The van der Waals surface area contributed by atoms with Crippen molar-refractivity contribution < 1.29 is 9.32 Å². The second-order valence-corrected chi connectivity index (χ2v) is 9.63. The zero-order chi connectivity index (χ0) is 23.4. The molecule has 0 atom stereocenters. The Bertz CT molecular complexity index is 1230. The highest BCUT2D eigenvalue weighted by molar-refractivity contribution is 7.99. The molecule has 0 bridgehead atoms. The lowest BCUT2D eigenvalue weighted by Gasteiger charge is -2.19. The molecule has 1 amide bonds. The maximum atomic E-state index is 12.4. The molecule has 0 aliphatic carbocycles. The van der Waals surface area contributed by atoms with Gasteiger partial charge in [-0.3, -0.25) is 14.7 Å². The van der Waals surface area contributed by atoms with Gasteiger partial charge in [0.15, 0.2) is 16.8 Å². The zero-order valence-corrected chi connectivity index (χ0v) is 19.9. The first-order valence-corrected chi connectivity index (χ1v) is 11.6. The molecule has 2 aromatic heterocycles. The Morgan fingerprint density at radius 1 is 1.06 bits per heavy atom. The number of hydrogen-bond acceptors (Lipinski definition) is 7. The summed E-state index contributed by atoms with van der Waals surface area (Å²) in [5.41, 5.74) is 3.42. The summed E-state index contributed by atoms with van der Waals surface area (Å²) >= 11 is 1.31. The fraction of sp³-hybridized carbons (Fsp3) is 0.292. The summed E-state index contributed by atoms with van der Waals surface area (Å²) in [7, 11) is 0. The highest BCUT2D eigenvalue weighted by atomic mass is 32.2. The van der Waals surface area contributed by atoms with Gasteiger partial charge >= 0.3 is 6.01 Å². The van der Waals surface area contributed by atoms with Crippen molar-refractivity contribution in [2.75, 3.05) is 11.1 Å². The third-order valence-corrected chi connectivity index (χ3v) is 5.98. The number of thioether (sulfide) groups is 1. The van der Waals surface area contributed by atoms with Gasteiger partial charge in [-0.2, -0.15) is 4.98 Å². The van der Waals surface area contributed by atoms with Crippen LogP contribution in [0.4, 0.5) is 6.01 Å². The summed E-state index contributed by atoms with van der Waals surface area (Å²) in [4.78, 5) is 16.4. The maximum Gasteiger partial charge on any atom is 0.328 e. The average molecular weight is 463 g/mol. The second kappa shape index (κ2) is 9.58. The van der Waals surface area contributed by atoms with Crippen molar-refractivity contribution in [3.05, 3.63) is 71.5 Å². The van der Waals surface area contributed by atoms with E-state index in [1.807, 2.05) is 22.8 Å². The summed E-state index contributed by atoms with van der Waals surface area (Å²) in [6.45, 7) is 8.85. The van der Waals surface area contributed by atoms with E-state index in [1.54, 1.807) is 6.92 Å².